The number of benzene rings is 1. The molecule has 2 aromatic rings. The Labute approximate surface area is 122 Å². The van der Waals surface area contributed by atoms with Gasteiger partial charge in [0.15, 0.2) is 0 Å². The average molecular weight is 307 g/mol. The number of sulfonamides is 1. The van der Waals surface area contributed by atoms with Crippen molar-refractivity contribution in [3.05, 3.63) is 52.2 Å². The molecular weight excluding hydrogens is 294 g/mol. The molecule has 20 heavy (non-hydrogen) atoms. The summed E-state index contributed by atoms with van der Waals surface area (Å²) in [5, 5.41) is 12.4. The molecule has 6 heteroatoms. The fourth-order valence-corrected chi connectivity index (χ4v) is 3.27. The van der Waals surface area contributed by atoms with Gasteiger partial charge < -0.3 is 5.11 Å². The lowest BCUT2D eigenvalue weighted by molar-refractivity contribution is 0.350. The highest BCUT2D eigenvalue weighted by Crippen LogP contribution is 2.12. The molecule has 0 radical (unpaired) electrons. The fourth-order valence-electron chi connectivity index (χ4n) is 1.54. The Bertz CT molecular complexity index is 725. The van der Waals surface area contributed by atoms with Crippen molar-refractivity contribution in [3.63, 3.8) is 0 Å². The van der Waals surface area contributed by atoms with Gasteiger partial charge in [0.05, 0.1) is 4.90 Å². The van der Waals surface area contributed by atoms with Crippen LogP contribution in [0, 0.1) is 11.8 Å². The van der Waals surface area contributed by atoms with E-state index in [9.17, 15) is 8.42 Å². The van der Waals surface area contributed by atoms with Crippen molar-refractivity contribution >= 4 is 21.4 Å². The maximum absolute atomic E-state index is 12.1. The Morgan fingerprint density at radius 2 is 2.15 bits per heavy atom. The number of nitrogens with one attached hydrogen (secondary N) is 1. The highest BCUT2D eigenvalue weighted by atomic mass is 32.2. The summed E-state index contributed by atoms with van der Waals surface area (Å²) in [5.41, 5.74) is 1.48. The molecule has 0 spiro atoms. The zero-order valence-corrected chi connectivity index (χ0v) is 12.2. The van der Waals surface area contributed by atoms with Crippen LogP contribution in [0.3, 0.4) is 0 Å². The molecule has 2 N–H and O–H groups in total. The molecule has 0 bridgehead atoms. The smallest absolute Gasteiger partial charge is 0.240 e. The minimum absolute atomic E-state index is 0.164. The molecule has 0 unspecified atom stereocenters. The molecule has 0 fully saturated rings. The van der Waals surface area contributed by atoms with Gasteiger partial charge in [-0.3, -0.25) is 0 Å². The molecule has 104 valence electrons. The van der Waals surface area contributed by atoms with Gasteiger partial charge in [-0.05, 0) is 40.6 Å². The maximum Gasteiger partial charge on any atom is 0.240 e. The molecule has 0 aliphatic carbocycles. The molecule has 0 aliphatic heterocycles. The van der Waals surface area contributed by atoms with E-state index in [0.29, 0.717) is 5.56 Å². The van der Waals surface area contributed by atoms with Crippen LogP contribution in [0.1, 0.15) is 11.1 Å². The summed E-state index contributed by atoms with van der Waals surface area (Å²) in [6.45, 7) is 0.00572. The van der Waals surface area contributed by atoms with Gasteiger partial charge in [0, 0.05) is 12.1 Å². The van der Waals surface area contributed by atoms with E-state index in [1.807, 2.05) is 16.8 Å². The summed E-state index contributed by atoms with van der Waals surface area (Å²) in [6, 6.07) is 8.19. The van der Waals surface area contributed by atoms with Crippen molar-refractivity contribution in [2.45, 2.75) is 11.4 Å². The zero-order chi connectivity index (χ0) is 14.4. The first-order chi connectivity index (χ1) is 9.62. The molecule has 1 heterocycles. The largest absolute Gasteiger partial charge is 0.384 e. The molecule has 4 nitrogen and oxygen atoms in total. The van der Waals surface area contributed by atoms with Crippen LogP contribution in [-0.2, 0) is 16.6 Å². The lowest BCUT2D eigenvalue weighted by Gasteiger charge is -2.06. The number of rotatable bonds is 4. The Hall–Kier alpha value is -1.65. The normalized spacial score (nSPS) is 10.8. The van der Waals surface area contributed by atoms with Gasteiger partial charge in [0.1, 0.15) is 6.61 Å². The van der Waals surface area contributed by atoms with Gasteiger partial charge >= 0.3 is 0 Å². The summed E-state index contributed by atoms with van der Waals surface area (Å²) in [6.07, 6.45) is 0. The third kappa shape index (κ3) is 3.92. The maximum atomic E-state index is 12.1. The Balaban J connectivity index is 2.16. The third-order valence-electron chi connectivity index (χ3n) is 2.50. The molecular formula is C14H13NO3S2. The van der Waals surface area contributed by atoms with Crippen LogP contribution in [0.2, 0.25) is 0 Å². The monoisotopic (exact) mass is 307 g/mol. The van der Waals surface area contributed by atoms with Crippen LogP contribution in [0.25, 0.3) is 0 Å². The second kappa shape index (κ2) is 6.68. The second-order valence-electron chi connectivity index (χ2n) is 3.94. The van der Waals surface area contributed by atoms with Crippen LogP contribution in [-0.4, -0.2) is 20.1 Å². The molecule has 0 atom stereocenters. The first kappa shape index (κ1) is 14.8. The predicted molar refractivity (Wildman–Crippen MR) is 78.8 cm³/mol. The van der Waals surface area contributed by atoms with Crippen LogP contribution >= 0.6 is 11.3 Å². The number of hydrogen-bond acceptors (Lipinski definition) is 4. The van der Waals surface area contributed by atoms with Crippen molar-refractivity contribution in [2.24, 2.45) is 0 Å². The van der Waals surface area contributed by atoms with E-state index in [2.05, 4.69) is 16.6 Å². The minimum Gasteiger partial charge on any atom is -0.384 e. The Morgan fingerprint density at radius 1 is 1.30 bits per heavy atom. The highest BCUT2D eigenvalue weighted by Gasteiger charge is 2.13. The summed E-state index contributed by atoms with van der Waals surface area (Å²) >= 11 is 1.52. The number of hydrogen-bond donors (Lipinski definition) is 2. The topological polar surface area (TPSA) is 66.4 Å². The molecule has 0 aliphatic rings. The van der Waals surface area contributed by atoms with Gasteiger partial charge in [0.2, 0.25) is 10.0 Å². The van der Waals surface area contributed by atoms with Crippen LogP contribution in [0.4, 0.5) is 0 Å². The quantitative estimate of drug-likeness (QED) is 0.843. The van der Waals surface area contributed by atoms with E-state index in [1.165, 1.54) is 23.5 Å². The third-order valence-corrected chi connectivity index (χ3v) is 4.63. The van der Waals surface area contributed by atoms with E-state index in [4.69, 9.17) is 5.11 Å². The minimum atomic E-state index is -3.56. The summed E-state index contributed by atoms with van der Waals surface area (Å²) in [7, 11) is -3.56. The Morgan fingerprint density at radius 3 is 2.85 bits per heavy atom. The van der Waals surface area contributed by atoms with Crippen molar-refractivity contribution in [1.29, 1.82) is 0 Å². The van der Waals surface area contributed by atoms with E-state index >= 15 is 0 Å². The molecule has 1 aromatic carbocycles. The van der Waals surface area contributed by atoms with Crippen LogP contribution in [0.5, 0.6) is 0 Å². The van der Waals surface area contributed by atoms with Gasteiger partial charge in [-0.2, -0.15) is 11.3 Å². The first-order valence-electron chi connectivity index (χ1n) is 5.82. The Kier molecular flexibility index (Phi) is 4.93. The van der Waals surface area contributed by atoms with Crippen molar-refractivity contribution in [2.75, 3.05) is 6.61 Å². The van der Waals surface area contributed by atoms with Crippen LogP contribution in [0.15, 0.2) is 46.0 Å². The van der Waals surface area contributed by atoms with Gasteiger partial charge in [-0.25, -0.2) is 13.1 Å². The molecule has 2 rings (SSSR count). The predicted octanol–water partition coefficient (Wildman–Crippen LogP) is 1.57. The van der Waals surface area contributed by atoms with E-state index in [1.54, 1.807) is 12.1 Å². The zero-order valence-electron chi connectivity index (χ0n) is 10.5. The van der Waals surface area contributed by atoms with Gasteiger partial charge in [0.25, 0.3) is 0 Å². The van der Waals surface area contributed by atoms with Crippen molar-refractivity contribution < 1.29 is 13.5 Å². The van der Waals surface area contributed by atoms with Crippen LogP contribution < -0.4 is 4.72 Å². The standard InChI is InChI=1S/C14H13NO3S2/c16-7-2-4-12-3-1-5-14(9-12)20(17,18)15-10-13-6-8-19-11-13/h1,3,5-6,8-9,11,15-16H,7,10H2. The molecule has 0 saturated carbocycles. The van der Waals surface area contributed by atoms with Gasteiger partial charge in [-0.1, -0.05) is 17.9 Å². The molecule has 0 amide bonds. The molecule has 0 saturated heterocycles. The first-order valence-corrected chi connectivity index (χ1v) is 8.25. The van der Waals surface area contributed by atoms with Crippen molar-refractivity contribution in [1.82, 2.24) is 4.72 Å². The summed E-state index contributed by atoms with van der Waals surface area (Å²) < 4.78 is 26.8. The molecule has 1 aromatic heterocycles. The van der Waals surface area contributed by atoms with E-state index in [-0.39, 0.29) is 18.0 Å². The lowest BCUT2D eigenvalue weighted by Crippen LogP contribution is -2.23. The highest BCUT2D eigenvalue weighted by molar-refractivity contribution is 7.89. The second-order valence-corrected chi connectivity index (χ2v) is 6.49. The van der Waals surface area contributed by atoms with Gasteiger partial charge in [-0.15, -0.1) is 0 Å². The number of aliphatic hydroxyl groups excluding tert-OH is 1. The fraction of sp³-hybridized carbons (Fsp3) is 0.143. The average Bonchev–Trinajstić information content (AvgIpc) is 2.97. The number of thiophene rings is 1. The lowest BCUT2D eigenvalue weighted by atomic mass is 10.2. The van der Waals surface area contributed by atoms with E-state index < -0.39 is 10.0 Å². The number of aliphatic hydroxyl groups is 1. The summed E-state index contributed by atoms with van der Waals surface area (Å²) in [4.78, 5) is 0.164. The van der Waals surface area contributed by atoms with Crippen molar-refractivity contribution in [3.8, 4) is 11.8 Å². The SMILES string of the molecule is O=S(=O)(NCc1ccsc1)c1cccc(C#CCO)c1. The van der Waals surface area contributed by atoms with E-state index in [0.717, 1.165) is 5.56 Å². The summed E-state index contributed by atoms with van der Waals surface area (Å²) in [5.74, 6) is 5.18.